The zero-order valence-corrected chi connectivity index (χ0v) is 11.9. The van der Waals surface area contributed by atoms with Crippen LogP contribution in [0.15, 0.2) is 22.6 Å². The summed E-state index contributed by atoms with van der Waals surface area (Å²) < 4.78 is 5.49. The van der Waals surface area contributed by atoms with Crippen LogP contribution in [0.5, 0.6) is 5.88 Å². The summed E-state index contributed by atoms with van der Waals surface area (Å²) in [5, 5.41) is 0.851. The van der Waals surface area contributed by atoms with Gasteiger partial charge in [0, 0.05) is 6.07 Å². The van der Waals surface area contributed by atoms with Crippen molar-refractivity contribution < 1.29 is 4.74 Å². The molecule has 0 saturated carbocycles. The summed E-state index contributed by atoms with van der Waals surface area (Å²) in [5.41, 5.74) is 17.5. The zero-order chi connectivity index (χ0) is 14.7. The first-order valence-electron chi connectivity index (χ1n) is 5.80. The summed E-state index contributed by atoms with van der Waals surface area (Å²) >= 11 is 1.15. The summed E-state index contributed by atoms with van der Waals surface area (Å²) in [6.07, 6.45) is 1.33. The molecule has 106 valence electrons. The minimum absolute atomic E-state index is 0.0377. The average Bonchev–Trinajstić information content (AvgIpc) is 2.32. The molecule has 0 aliphatic rings. The molecule has 0 bridgehead atoms. The molecule has 2 rings (SSSR count). The highest BCUT2D eigenvalue weighted by molar-refractivity contribution is 7.99. The molecule has 0 saturated heterocycles. The normalized spacial score (nSPS) is 10.8. The van der Waals surface area contributed by atoms with E-state index in [9.17, 15) is 0 Å². The summed E-state index contributed by atoms with van der Waals surface area (Å²) in [6, 6.07) is 1.47. The van der Waals surface area contributed by atoms with E-state index in [1.165, 1.54) is 12.4 Å². The second-order valence-electron chi connectivity index (χ2n) is 4.17. The third-order valence-electron chi connectivity index (χ3n) is 2.09. The minimum atomic E-state index is -0.0377. The van der Waals surface area contributed by atoms with Crippen LogP contribution in [0.4, 0.5) is 17.3 Å². The zero-order valence-electron chi connectivity index (χ0n) is 11.1. The van der Waals surface area contributed by atoms with Crippen molar-refractivity contribution in [3.63, 3.8) is 0 Å². The molecule has 0 spiro atoms. The third kappa shape index (κ3) is 3.38. The number of nitrogen functional groups attached to an aromatic ring is 3. The molecule has 20 heavy (non-hydrogen) atoms. The molecule has 6 N–H and O–H groups in total. The summed E-state index contributed by atoms with van der Waals surface area (Å²) in [7, 11) is 0. The topological polar surface area (TPSA) is 139 Å². The number of nitrogens with zero attached hydrogens (tertiary/aromatic N) is 4. The Hall–Kier alpha value is -2.29. The smallest absolute Gasteiger partial charge is 0.241 e. The Balaban J connectivity index is 2.29. The SMILES string of the molecule is CC(C)Oc1ncnc(Sc2nc(N)cc(N)n2)c1N. The Morgan fingerprint density at radius 2 is 1.75 bits per heavy atom. The number of hydrogen-bond donors (Lipinski definition) is 3. The molecule has 0 atom stereocenters. The fraction of sp³-hybridized carbons (Fsp3) is 0.273. The predicted octanol–water partition coefficient (Wildman–Crippen LogP) is 0.952. The molecule has 0 aliphatic heterocycles. The van der Waals surface area contributed by atoms with E-state index in [-0.39, 0.29) is 17.7 Å². The van der Waals surface area contributed by atoms with Gasteiger partial charge in [0.05, 0.1) is 6.10 Å². The molecule has 0 fully saturated rings. The number of hydrogen-bond acceptors (Lipinski definition) is 9. The van der Waals surface area contributed by atoms with Crippen LogP contribution in [0, 0.1) is 0 Å². The Labute approximate surface area is 120 Å². The predicted molar refractivity (Wildman–Crippen MR) is 77.2 cm³/mol. The van der Waals surface area contributed by atoms with Gasteiger partial charge in [-0.25, -0.2) is 15.0 Å². The van der Waals surface area contributed by atoms with Crippen LogP contribution < -0.4 is 21.9 Å². The molecule has 0 amide bonds. The van der Waals surface area contributed by atoms with Gasteiger partial charge in [0.1, 0.15) is 28.7 Å². The van der Waals surface area contributed by atoms with E-state index in [1.807, 2.05) is 13.8 Å². The van der Waals surface area contributed by atoms with E-state index >= 15 is 0 Å². The number of aromatic nitrogens is 4. The lowest BCUT2D eigenvalue weighted by atomic mass is 10.4. The van der Waals surface area contributed by atoms with Crippen molar-refractivity contribution in [1.29, 1.82) is 0 Å². The van der Waals surface area contributed by atoms with E-state index in [0.29, 0.717) is 21.7 Å². The molecular weight excluding hydrogens is 278 g/mol. The molecule has 2 aromatic heterocycles. The lowest BCUT2D eigenvalue weighted by Gasteiger charge is -2.12. The van der Waals surface area contributed by atoms with Crippen molar-refractivity contribution in [2.75, 3.05) is 17.2 Å². The Kier molecular flexibility index (Phi) is 4.08. The number of anilines is 3. The fourth-order valence-electron chi connectivity index (χ4n) is 1.36. The Morgan fingerprint density at radius 3 is 2.35 bits per heavy atom. The van der Waals surface area contributed by atoms with Crippen molar-refractivity contribution in [3.8, 4) is 5.88 Å². The van der Waals surface area contributed by atoms with Crippen molar-refractivity contribution >= 4 is 29.1 Å². The van der Waals surface area contributed by atoms with Gasteiger partial charge >= 0.3 is 0 Å². The van der Waals surface area contributed by atoms with Crippen LogP contribution >= 0.6 is 11.8 Å². The largest absolute Gasteiger partial charge is 0.473 e. The standard InChI is InChI=1S/C11H15N7OS/c1-5(2)19-9-8(14)10(16-4-15-9)20-11-17-6(12)3-7(13)18-11/h3-5H,14H2,1-2H3,(H4,12,13,17,18). The second kappa shape index (κ2) is 5.78. The van der Waals surface area contributed by atoms with Crippen molar-refractivity contribution in [3.05, 3.63) is 12.4 Å². The number of rotatable bonds is 4. The molecule has 2 heterocycles. The summed E-state index contributed by atoms with van der Waals surface area (Å²) in [5.74, 6) is 0.895. The third-order valence-corrected chi connectivity index (χ3v) is 2.98. The van der Waals surface area contributed by atoms with Gasteiger partial charge in [-0.2, -0.15) is 4.98 Å². The van der Waals surface area contributed by atoms with E-state index in [4.69, 9.17) is 21.9 Å². The molecule has 0 aromatic carbocycles. The van der Waals surface area contributed by atoms with Gasteiger partial charge in [0.2, 0.25) is 5.88 Å². The highest BCUT2D eigenvalue weighted by Gasteiger charge is 2.13. The van der Waals surface area contributed by atoms with E-state index in [2.05, 4.69) is 19.9 Å². The van der Waals surface area contributed by atoms with Crippen LogP contribution in [0.25, 0.3) is 0 Å². The molecule has 0 radical (unpaired) electrons. The monoisotopic (exact) mass is 293 g/mol. The van der Waals surface area contributed by atoms with Crippen LogP contribution in [0.2, 0.25) is 0 Å². The molecule has 0 unspecified atom stereocenters. The average molecular weight is 293 g/mol. The summed E-state index contributed by atoms with van der Waals surface area (Å²) in [4.78, 5) is 16.2. The maximum atomic E-state index is 5.97. The van der Waals surface area contributed by atoms with Crippen molar-refractivity contribution in [2.45, 2.75) is 30.1 Å². The van der Waals surface area contributed by atoms with Gasteiger partial charge in [-0.3, -0.25) is 0 Å². The fourth-order valence-corrected chi connectivity index (χ4v) is 2.13. The maximum absolute atomic E-state index is 5.97. The van der Waals surface area contributed by atoms with Gasteiger partial charge in [0.25, 0.3) is 0 Å². The first-order chi connectivity index (χ1) is 9.45. The van der Waals surface area contributed by atoms with Crippen LogP contribution in [0.3, 0.4) is 0 Å². The summed E-state index contributed by atoms with van der Waals surface area (Å²) in [6.45, 7) is 3.77. The van der Waals surface area contributed by atoms with Crippen molar-refractivity contribution in [2.24, 2.45) is 0 Å². The Morgan fingerprint density at radius 1 is 1.10 bits per heavy atom. The van der Waals surface area contributed by atoms with Crippen molar-refractivity contribution in [1.82, 2.24) is 19.9 Å². The molecule has 2 aromatic rings. The maximum Gasteiger partial charge on any atom is 0.241 e. The Bertz CT molecular complexity index is 599. The van der Waals surface area contributed by atoms with Gasteiger partial charge in [-0.05, 0) is 25.6 Å². The van der Waals surface area contributed by atoms with Gasteiger partial charge in [-0.15, -0.1) is 0 Å². The van der Waals surface area contributed by atoms with Crippen LogP contribution in [0.1, 0.15) is 13.8 Å². The first-order valence-corrected chi connectivity index (χ1v) is 6.62. The van der Waals surface area contributed by atoms with E-state index < -0.39 is 0 Å². The quantitative estimate of drug-likeness (QED) is 0.555. The minimum Gasteiger partial charge on any atom is -0.473 e. The van der Waals surface area contributed by atoms with Gasteiger partial charge in [0.15, 0.2) is 5.16 Å². The van der Waals surface area contributed by atoms with Gasteiger partial charge in [-0.1, -0.05) is 0 Å². The van der Waals surface area contributed by atoms with Crippen LogP contribution in [-0.2, 0) is 0 Å². The number of nitrogens with two attached hydrogens (primary N) is 3. The first kappa shape index (κ1) is 14.1. The molecule has 0 aliphatic carbocycles. The van der Waals surface area contributed by atoms with E-state index in [1.54, 1.807) is 0 Å². The lowest BCUT2D eigenvalue weighted by Crippen LogP contribution is -2.10. The molecule has 9 heteroatoms. The van der Waals surface area contributed by atoms with Gasteiger partial charge < -0.3 is 21.9 Å². The molecule has 8 nitrogen and oxygen atoms in total. The lowest BCUT2D eigenvalue weighted by molar-refractivity contribution is 0.233. The highest BCUT2D eigenvalue weighted by atomic mass is 32.2. The molecular formula is C11H15N7OS. The second-order valence-corrected chi connectivity index (χ2v) is 5.12. The number of ether oxygens (including phenoxy) is 1. The highest BCUT2D eigenvalue weighted by Crippen LogP contribution is 2.33. The van der Waals surface area contributed by atoms with Crippen LogP contribution in [-0.4, -0.2) is 26.0 Å². The van der Waals surface area contributed by atoms with E-state index in [0.717, 1.165) is 11.8 Å².